The lowest BCUT2D eigenvalue weighted by molar-refractivity contribution is 0.130. The van der Waals surface area contributed by atoms with E-state index in [2.05, 4.69) is 121 Å². The van der Waals surface area contributed by atoms with Gasteiger partial charge in [-0.25, -0.2) is 0 Å². The number of ether oxygens (including phenoxy) is 2. The third kappa shape index (κ3) is 10.6. The fraction of sp³-hybridized carbons (Fsp3) is 0.294. The van der Waals surface area contributed by atoms with Gasteiger partial charge in [0.25, 0.3) is 10.1 Å². The van der Waals surface area contributed by atoms with Gasteiger partial charge in [0.15, 0.2) is 14.7 Å². The van der Waals surface area contributed by atoms with E-state index in [1.54, 1.807) is 12.1 Å². The highest BCUT2D eigenvalue weighted by atomic mass is 32.2. The zero-order valence-electron chi connectivity index (χ0n) is 25.1. The van der Waals surface area contributed by atoms with E-state index in [0.717, 1.165) is 17.1 Å². The van der Waals surface area contributed by atoms with Crippen molar-refractivity contribution in [1.29, 1.82) is 0 Å². The molecule has 0 saturated carbocycles. The van der Waals surface area contributed by atoms with Crippen molar-refractivity contribution in [3.63, 3.8) is 0 Å². The van der Waals surface area contributed by atoms with Gasteiger partial charge in [-0.15, -0.1) is 0 Å². The molecule has 0 aliphatic heterocycles. The van der Waals surface area contributed by atoms with Crippen LogP contribution in [-0.4, -0.2) is 24.2 Å². The summed E-state index contributed by atoms with van der Waals surface area (Å²) in [4.78, 5) is 3.78. The maximum atomic E-state index is 10.5. The summed E-state index contributed by atoms with van der Waals surface area (Å²) in [5, 5.41) is 0. The Morgan fingerprint density at radius 1 is 0.585 bits per heavy atom. The Kier molecular flexibility index (Phi) is 10.3. The minimum absolute atomic E-state index is 0.0666. The van der Waals surface area contributed by atoms with E-state index < -0.39 is 10.1 Å². The number of hydrogen-bond donors (Lipinski definition) is 1. The second-order valence-electron chi connectivity index (χ2n) is 11.8. The fourth-order valence-electron chi connectivity index (χ4n) is 3.86. The lowest BCUT2D eigenvalue weighted by Crippen LogP contribution is -2.23. The molecule has 218 valence electrons. The first-order chi connectivity index (χ1) is 19.0. The summed E-state index contributed by atoms with van der Waals surface area (Å²) in [5.41, 5.74) is 1.81. The first-order valence-corrected chi connectivity index (χ1v) is 16.1. The zero-order chi connectivity index (χ0) is 30.4. The van der Waals surface area contributed by atoms with Gasteiger partial charge in [-0.2, -0.15) is 8.42 Å². The molecule has 4 rings (SSSR count). The summed E-state index contributed by atoms with van der Waals surface area (Å²) in [5.74, 6) is 1.79. The Labute approximate surface area is 248 Å². The SMILES string of the molecule is Cc1ccc(S(=O)(=O)O)cc1.Cc1cccc([S+](c2ccc(OC(C)(C)C)cc2)c2ccc(OC(C)(C)C)cc2)c1. The molecular weight excluding hydrogens is 553 g/mol. The zero-order valence-corrected chi connectivity index (χ0v) is 26.8. The van der Waals surface area contributed by atoms with Crippen LogP contribution in [-0.2, 0) is 21.0 Å². The molecule has 4 aromatic carbocycles. The number of benzene rings is 4. The van der Waals surface area contributed by atoms with Crippen molar-refractivity contribution in [2.24, 2.45) is 0 Å². The molecule has 0 atom stereocenters. The van der Waals surface area contributed by atoms with Crippen molar-refractivity contribution in [2.75, 3.05) is 0 Å². The number of aryl methyl sites for hydroxylation is 2. The van der Waals surface area contributed by atoms with E-state index in [4.69, 9.17) is 14.0 Å². The monoisotopic (exact) mass is 593 g/mol. The van der Waals surface area contributed by atoms with Crippen molar-refractivity contribution in [1.82, 2.24) is 0 Å². The molecule has 0 amide bonds. The maximum absolute atomic E-state index is 10.5. The van der Waals surface area contributed by atoms with Gasteiger partial charge in [-0.05, 0) is 134 Å². The summed E-state index contributed by atoms with van der Waals surface area (Å²) < 4.78 is 41.6. The van der Waals surface area contributed by atoms with Crippen LogP contribution in [0.4, 0.5) is 0 Å². The van der Waals surface area contributed by atoms with E-state index in [0.29, 0.717) is 0 Å². The van der Waals surface area contributed by atoms with E-state index >= 15 is 0 Å². The van der Waals surface area contributed by atoms with Crippen molar-refractivity contribution >= 4 is 21.0 Å². The molecule has 0 aliphatic carbocycles. The van der Waals surface area contributed by atoms with Crippen LogP contribution in [0.15, 0.2) is 117 Å². The molecular formula is C34H41O5S2+. The molecule has 0 aliphatic rings. The Bertz CT molecular complexity index is 1450. The number of rotatable bonds is 6. The Morgan fingerprint density at radius 2 is 1.02 bits per heavy atom. The summed E-state index contributed by atoms with van der Waals surface area (Å²) in [6.45, 7) is 16.4. The van der Waals surface area contributed by atoms with E-state index in [1.807, 2.05) is 6.92 Å². The third-order valence-electron chi connectivity index (χ3n) is 5.51. The smallest absolute Gasteiger partial charge is 0.294 e. The van der Waals surface area contributed by atoms with Gasteiger partial charge in [0.05, 0.1) is 15.8 Å². The highest BCUT2D eigenvalue weighted by Gasteiger charge is 2.29. The van der Waals surface area contributed by atoms with Crippen LogP contribution in [0.3, 0.4) is 0 Å². The van der Waals surface area contributed by atoms with Crippen LogP contribution < -0.4 is 9.47 Å². The molecule has 5 nitrogen and oxygen atoms in total. The topological polar surface area (TPSA) is 72.8 Å². The van der Waals surface area contributed by atoms with E-state index in [9.17, 15) is 8.42 Å². The van der Waals surface area contributed by atoms with Crippen LogP contribution in [0.2, 0.25) is 0 Å². The molecule has 1 N–H and O–H groups in total. The van der Waals surface area contributed by atoms with Crippen molar-refractivity contribution in [3.05, 3.63) is 108 Å². The lowest BCUT2D eigenvalue weighted by Gasteiger charge is -2.21. The minimum atomic E-state index is -4.02. The van der Waals surface area contributed by atoms with E-state index in [-0.39, 0.29) is 27.0 Å². The van der Waals surface area contributed by atoms with Gasteiger partial charge in [0.1, 0.15) is 22.7 Å². The maximum Gasteiger partial charge on any atom is 0.294 e. The number of hydrogen-bond acceptors (Lipinski definition) is 4. The van der Waals surface area contributed by atoms with Crippen LogP contribution in [0.5, 0.6) is 11.5 Å². The first kappa shape index (κ1) is 32.3. The molecule has 4 aromatic rings. The van der Waals surface area contributed by atoms with Gasteiger partial charge < -0.3 is 9.47 Å². The largest absolute Gasteiger partial charge is 0.488 e. The highest BCUT2D eigenvalue weighted by Crippen LogP contribution is 2.34. The van der Waals surface area contributed by atoms with Gasteiger partial charge in [0, 0.05) is 0 Å². The van der Waals surface area contributed by atoms with Gasteiger partial charge in [0.2, 0.25) is 0 Å². The Hall–Kier alpha value is -3.26. The predicted octanol–water partition coefficient (Wildman–Crippen LogP) is 8.69. The molecule has 0 fully saturated rings. The van der Waals surface area contributed by atoms with Crippen LogP contribution in [0, 0.1) is 13.8 Å². The fourth-order valence-corrected chi connectivity index (χ4v) is 6.49. The van der Waals surface area contributed by atoms with Crippen molar-refractivity contribution in [3.8, 4) is 11.5 Å². The third-order valence-corrected chi connectivity index (χ3v) is 8.59. The lowest BCUT2D eigenvalue weighted by atomic mass is 10.2. The average Bonchev–Trinajstić information content (AvgIpc) is 2.85. The average molecular weight is 594 g/mol. The van der Waals surface area contributed by atoms with Crippen LogP contribution in [0.25, 0.3) is 0 Å². The molecule has 0 radical (unpaired) electrons. The second-order valence-corrected chi connectivity index (χ2v) is 15.2. The standard InChI is InChI=1S/C27H33O2S.C7H8O3S/c1-20-9-8-10-25(19-20)30(23-15-11-21(12-16-23)28-26(2,3)4)24-17-13-22(14-18-24)29-27(5,6)7;1-6-2-4-7(5-3-6)11(8,9)10/h8-19H,1-7H3;2-5H,1H3,(H,8,9,10)/q+1;. The molecule has 0 aromatic heterocycles. The molecule has 0 unspecified atom stereocenters. The molecule has 0 bridgehead atoms. The van der Waals surface area contributed by atoms with Crippen LogP contribution >= 0.6 is 0 Å². The summed E-state index contributed by atoms with van der Waals surface area (Å²) in [6.07, 6.45) is 0. The second kappa shape index (κ2) is 13.1. The van der Waals surface area contributed by atoms with Gasteiger partial charge >= 0.3 is 0 Å². The van der Waals surface area contributed by atoms with Gasteiger partial charge in [-0.3, -0.25) is 4.55 Å². The molecule has 41 heavy (non-hydrogen) atoms. The Morgan fingerprint density at radius 3 is 1.39 bits per heavy atom. The first-order valence-electron chi connectivity index (χ1n) is 13.4. The molecule has 7 heteroatoms. The summed E-state index contributed by atoms with van der Waals surface area (Å²) in [7, 11) is -4.22. The molecule has 0 saturated heterocycles. The summed E-state index contributed by atoms with van der Waals surface area (Å²) >= 11 is 0. The van der Waals surface area contributed by atoms with Crippen LogP contribution in [0.1, 0.15) is 52.7 Å². The highest BCUT2D eigenvalue weighted by molar-refractivity contribution is 7.97. The van der Waals surface area contributed by atoms with Crippen molar-refractivity contribution in [2.45, 2.75) is 86.2 Å². The molecule has 0 heterocycles. The normalized spacial score (nSPS) is 12.0. The summed E-state index contributed by atoms with van der Waals surface area (Å²) in [6, 6.07) is 31.8. The quantitative estimate of drug-likeness (QED) is 0.179. The van der Waals surface area contributed by atoms with E-state index in [1.165, 1.54) is 32.4 Å². The Balaban J connectivity index is 0.000000352. The van der Waals surface area contributed by atoms with Gasteiger partial charge in [-0.1, -0.05) is 29.8 Å². The molecule has 0 spiro atoms. The minimum Gasteiger partial charge on any atom is -0.488 e. The van der Waals surface area contributed by atoms with Crippen molar-refractivity contribution < 1.29 is 22.4 Å². The predicted molar refractivity (Wildman–Crippen MR) is 168 cm³/mol.